The van der Waals surface area contributed by atoms with Gasteiger partial charge in [0.2, 0.25) is 0 Å². The van der Waals surface area contributed by atoms with Crippen LogP contribution in [0.2, 0.25) is 0 Å². The first kappa shape index (κ1) is 17.5. The van der Waals surface area contributed by atoms with Gasteiger partial charge < -0.3 is 9.80 Å². The number of carbonyl (C=O) groups excluding carboxylic acids is 1. The van der Waals surface area contributed by atoms with E-state index in [9.17, 15) is 4.79 Å². The summed E-state index contributed by atoms with van der Waals surface area (Å²) in [5, 5.41) is 0. The molecule has 1 amide bonds. The Morgan fingerprint density at radius 1 is 1.36 bits per heavy atom. The van der Waals surface area contributed by atoms with Crippen molar-refractivity contribution in [3.63, 3.8) is 0 Å². The number of carbonyl (C=O) groups is 1. The zero-order valence-corrected chi connectivity index (χ0v) is 15.1. The molecule has 0 N–H and O–H groups in total. The van der Waals surface area contributed by atoms with Gasteiger partial charge in [0.1, 0.15) is 11.5 Å². The Hall–Kier alpha value is -2.34. The van der Waals surface area contributed by atoms with Gasteiger partial charge in [-0.3, -0.25) is 9.78 Å². The smallest absolute Gasteiger partial charge is 0.272 e. The maximum absolute atomic E-state index is 12.7. The fourth-order valence-corrected chi connectivity index (χ4v) is 3.46. The minimum Gasteiger partial charge on any atom is -0.337 e. The van der Waals surface area contributed by atoms with Crippen molar-refractivity contribution in [1.82, 2.24) is 24.8 Å². The Kier molecular flexibility index (Phi) is 5.38. The topological polar surface area (TPSA) is 62.2 Å². The second kappa shape index (κ2) is 7.70. The standard InChI is InChI=1S/C19H25N5O/c1-14-9-18(22-15(2)21-14)19(25)24-8-6-17(13-24)12-23(3)11-16-5-4-7-20-10-16/h4-5,7,9-10,17H,6,8,11-13H2,1-3H3/t17-/m1/s1. The summed E-state index contributed by atoms with van der Waals surface area (Å²) < 4.78 is 0. The van der Waals surface area contributed by atoms with E-state index in [-0.39, 0.29) is 5.91 Å². The Balaban J connectivity index is 1.55. The molecule has 0 saturated carbocycles. The number of pyridine rings is 1. The summed E-state index contributed by atoms with van der Waals surface area (Å²) in [6, 6.07) is 5.83. The third-order valence-electron chi connectivity index (χ3n) is 4.50. The second-order valence-electron chi connectivity index (χ2n) is 6.91. The van der Waals surface area contributed by atoms with Crippen molar-refractivity contribution in [3.05, 3.63) is 53.4 Å². The summed E-state index contributed by atoms with van der Waals surface area (Å²) in [6.07, 6.45) is 4.73. The molecule has 0 unspecified atom stereocenters. The predicted molar refractivity (Wildman–Crippen MR) is 96.1 cm³/mol. The van der Waals surface area contributed by atoms with E-state index in [0.29, 0.717) is 17.4 Å². The number of nitrogens with zero attached hydrogens (tertiary/aromatic N) is 5. The van der Waals surface area contributed by atoms with Crippen LogP contribution in [0.15, 0.2) is 30.6 Å². The van der Waals surface area contributed by atoms with E-state index in [1.807, 2.05) is 31.0 Å². The SMILES string of the molecule is Cc1cc(C(=O)N2CC[C@H](CN(C)Cc3cccnc3)C2)nc(C)n1. The molecule has 0 aromatic carbocycles. The number of aryl methyl sites for hydroxylation is 2. The molecule has 6 nitrogen and oxygen atoms in total. The maximum atomic E-state index is 12.7. The van der Waals surface area contributed by atoms with Crippen LogP contribution in [0.5, 0.6) is 0 Å². The quantitative estimate of drug-likeness (QED) is 0.835. The van der Waals surface area contributed by atoms with Gasteiger partial charge in [0, 0.05) is 44.3 Å². The number of aromatic nitrogens is 3. The lowest BCUT2D eigenvalue weighted by Crippen LogP contribution is -2.32. The Morgan fingerprint density at radius 3 is 2.92 bits per heavy atom. The molecular weight excluding hydrogens is 314 g/mol. The zero-order valence-electron chi connectivity index (χ0n) is 15.1. The van der Waals surface area contributed by atoms with Crippen molar-refractivity contribution >= 4 is 5.91 Å². The molecule has 0 bridgehead atoms. The fourth-order valence-electron chi connectivity index (χ4n) is 3.46. The van der Waals surface area contributed by atoms with Gasteiger partial charge in [-0.25, -0.2) is 9.97 Å². The van der Waals surface area contributed by atoms with Gasteiger partial charge in [-0.2, -0.15) is 0 Å². The molecule has 3 rings (SSSR count). The normalized spacial score (nSPS) is 17.3. The summed E-state index contributed by atoms with van der Waals surface area (Å²) in [5.41, 5.74) is 2.56. The molecule has 2 aromatic heterocycles. The van der Waals surface area contributed by atoms with Gasteiger partial charge in [0.05, 0.1) is 0 Å². The van der Waals surface area contributed by atoms with Gasteiger partial charge in [-0.15, -0.1) is 0 Å². The molecule has 6 heteroatoms. The van der Waals surface area contributed by atoms with Gasteiger partial charge in [-0.1, -0.05) is 6.07 Å². The van der Waals surface area contributed by atoms with Crippen LogP contribution in [0.1, 0.15) is 34.0 Å². The van der Waals surface area contributed by atoms with E-state index in [2.05, 4.69) is 33.0 Å². The van der Waals surface area contributed by atoms with Crippen molar-refractivity contribution in [3.8, 4) is 0 Å². The molecular formula is C19H25N5O. The summed E-state index contributed by atoms with van der Waals surface area (Å²) >= 11 is 0. The molecule has 1 fully saturated rings. The van der Waals surface area contributed by atoms with E-state index < -0.39 is 0 Å². The van der Waals surface area contributed by atoms with Crippen molar-refractivity contribution in [2.75, 3.05) is 26.7 Å². The molecule has 2 aromatic rings. The van der Waals surface area contributed by atoms with Crippen LogP contribution in [0.3, 0.4) is 0 Å². The lowest BCUT2D eigenvalue weighted by molar-refractivity contribution is 0.0777. The average molecular weight is 339 g/mol. The van der Waals surface area contributed by atoms with Crippen molar-refractivity contribution in [1.29, 1.82) is 0 Å². The highest BCUT2D eigenvalue weighted by molar-refractivity contribution is 5.92. The van der Waals surface area contributed by atoms with Crippen LogP contribution < -0.4 is 0 Å². The molecule has 1 atom stereocenters. The highest BCUT2D eigenvalue weighted by Crippen LogP contribution is 2.20. The minimum atomic E-state index is 0.0195. The molecule has 0 radical (unpaired) electrons. The largest absolute Gasteiger partial charge is 0.337 e. The van der Waals surface area contributed by atoms with Crippen LogP contribution in [-0.2, 0) is 6.54 Å². The molecule has 1 aliphatic heterocycles. The number of hydrogen-bond acceptors (Lipinski definition) is 5. The van der Waals surface area contributed by atoms with E-state index in [1.54, 1.807) is 12.3 Å². The molecule has 1 aliphatic rings. The third-order valence-corrected chi connectivity index (χ3v) is 4.50. The molecule has 25 heavy (non-hydrogen) atoms. The Labute approximate surface area is 148 Å². The number of hydrogen-bond donors (Lipinski definition) is 0. The van der Waals surface area contributed by atoms with Crippen LogP contribution in [0.4, 0.5) is 0 Å². The van der Waals surface area contributed by atoms with Crippen LogP contribution >= 0.6 is 0 Å². The molecule has 132 valence electrons. The predicted octanol–water partition coefficient (Wildman–Crippen LogP) is 2.08. The van der Waals surface area contributed by atoms with E-state index in [1.165, 1.54) is 5.56 Å². The Morgan fingerprint density at radius 2 is 2.20 bits per heavy atom. The van der Waals surface area contributed by atoms with Crippen LogP contribution in [-0.4, -0.2) is 57.3 Å². The average Bonchev–Trinajstić information content (AvgIpc) is 3.02. The molecule has 1 saturated heterocycles. The monoisotopic (exact) mass is 339 g/mol. The Bertz CT molecular complexity index is 714. The highest BCUT2D eigenvalue weighted by atomic mass is 16.2. The van der Waals surface area contributed by atoms with Gasteiger partial charge in [0.25, 0.3) is 5.91 Å². The first-order valence-corrected chi connectivity index (χ1v) is 8.70. The third kappa shape index (κ3) is 4.60. The maximum Gasteiger partial charge on any atom is 0.272 e. The molecule has 0 spiro atoms. The lowest BCUT2D eigenvalue weighted by atomic mass is 10.1. The van der Waals surface area contributed by atoms with Crippen LogP contribution in [0, 0.1) is 19.8 Å². The van der Waals surface area contributed by atoms with Gasteiger partial charge in [0.15, 0.2) is 0 Å². The first-order chi connectivity index (χ1) is 12.0. The minimum absolute atomic E-state index is 0.0195. The summed E-state index contributed by atoms with van der Waals surface area (Å²) in [4.78, 5) is 29.6. The first-order valence-electron chi connectivity index (χ1n) is 8.70. The lowest BCUT2D eigenvalue weighted by Gasteiger charge is -2.21. The highest BCUT2D eigenvalue weighted by Gasteiger charge is 2.28. The summed E-state index contributed by atoms with van der Waals surface area (Å²) in [6.45, 7) is 7.16. The van der Waals surface area contributed by atoms with Crippen molar-refractivity contribution in [2.45, 2.75) is 26.8 Å². The second-order valence-corrected chi connectivity index (χ2v) is 6.91. The zero-order chi connectivity index (χ0) is 17.8. The summed E-state index contributed by atoms with van der Waals surface area (Å²) in [5.74, 6) is 1.16. The van der Waals surface area contributed by atoms with E-state index >= 15 is 0 Å². The van der Waals surface area contributed by atoms with Gasteiger partial charge >= 0.3 is 0 Å². The van der Waals surface area contributed by atoms with E-state index in [0.717, 1.165) is 38.3 Å². The van der Waals surface area contributed by atoms with Crippen LogP contribution in [0.25, 0.3) is 0 Å². The molecule has 0 aliphatic carbocycles. The van der Waals surface area contributed by atoms with Crippen molar-refractivity contribution < 1.29 is 4.79 Å². The molecule has 3 heterocycles. The number of amides is 1. The number of likely N-dealkylation sites (tertiary alicyclic amines) is 1. The van der Waals surface area contributed by atoms with E-state index in [4.69, 9.17) is 0 Å². The number of rotatable bonds is 5. The van der Waals surface area contributed by atoms with Gasteiger partial charge in [-0.05, 0) is 50.9 Å². The summed E-state index contributed by atoms with van der Waals surface area (Å²) in [7, 11) is 2.12. The van der Waals surface area contributed by atoms with Crippen molar-refractivity contribution in [2.24, 2.45) is 5.92 Å². The fraction of sp³-hybridized carbons (Fsp3) is 0.474.